The summed E-state index contributed by atoms with van der Waals surface area (Å²) in [6.45, 7) is 4.69. The molecule has 1 saturated heterocycles. The summed E-state index contributed by atoms with van der Waals surface area (Å²) in [5, 5.41) is 7.23. The molecule has 1 aliphatic heterocycles. The maximum atomic E-state index is 13.2. The zero-order valence-electron chi connectivity index (χ0n) is 23.9. The third-order valence-electron chi connectivity index (χ3n) is 6.93. The summed E-state index contributed by atoms with van der Waals surface area (Å²) >= 11 is 0. The normalized spacial score (nSPS) is 13.8. The largest absolute Gasteiger partial charge is 0.495 e. The van der Waals surface area contributed by atoms with Crippen molar-refractivity contribution in [2.45, 2.75) is 25.7 Å². The summed E-state index contributed by atoms with van der Waals surface area (Å²) in [7, 11) is 1.60. The fourth-order valence-electron chi connectivity index (χ4n) is 4.80. The van der Waals surface area contributed by atoms with Gasteiger partial charge in [0.1, 0.15) is 5.75 Å². The van der Waals surface area contributed by atoms with E-state index in [1.165, 1.54) is 12.1 Å². The Hall–Kier alpha value is -4.62. The van der Waals surface area contributed by atoms with Gasteiger partial charge in [0.05, 0.1) is 29.5 Å². The van der Waals surface area contributed by atoms with Gasteiger partial charge in [0, 0.05) is 49.8 Å². The highest BCUT2D eigenvalue weighted by molar-refractivity contribution is 6.04. The van der Waals surface area contributed by atoms with Crippen molar-refractivity contribution in [1.82, 2.24) is 5.32 Å². The molecule has 0 aliphatic carbocycles. The third-order valence-corrected chi connectivity index (χ3v) is 6.93. The lowest BCUT2D eigenvalue weighted by atomic mass is 10.1. The van der Waals surface area contributed by atoms with Crippen LogP contribution in [0.5, 0.6) is 5.75 Å². The molecule has 3 aromatic rings. The number of methoxy groups -OCH3 is 1. The van der Waals surface area contributed by atoms with Gasteiger partial charge in [-0.15, -0.1) is 0 Å². The maximum Gasteiger partial charge on any atom is 0.416 e. The van der Waals surface area contributed by atoms with Crippen molar-refractivity contribution >= 4 is 34.7 Å². The fraction of sp³-hybridized carbons (Fsp3) is 0.333. The van der Waals surface area contributed by atoms with Gasteiger partial charge in [-0.05, 0) is 55.0 Å². The summed E-state index contributed by atoms with van der Waals surface area (Å²) in [6, 6.07) is 11.9. The van der Waals surface area contributed by atoms with Crippen LogP contribution in [0.15, 0.2) is 60.7 Å². The molecule has 4 rings (SSSR count). The van der Waals surface area contributed by atoms with Crippen LogP contribution in [0.25, 0.3) is 0 Å². The number of ether oxygens (including phenoxy) is 1. The summed E-state index contributed by atoms with van der Waals surface area (Å²) in [5.74, 6) is 0.347. The monoisotopic (exact) mass is 623 g/mol. The molecule has 1 fully saturated rings. The summed E-state index contributed by atoms with van der Waals surface area (Å²) in [6.07, 6.45) is -9.46. The van der Waals surface area contributed by atoms with Crippen LogP contribution in [-0.2, 0) is 12.4 Å². The Morgan fingerprint density at radius 2 is 1.34 bits per heavy atom. The predicted molar refractivity (Wildman–Crippen MR) is 156 cm³/mol. The molecule has 3 amide bonds. The van der Waals surface area contributed by atoms with E-state index in [2.05, 4.69) is 15.5 Å². The van der Waals surface area contributed by atoms with Gasteiger partial charge in [0.25, 0.3) is 5.91 Å². The van der Waals surface area contributed by atoms with E-state index in [0.717, 1.165) is 11.4 Å². The molecule has 0 aromatic heterocycles. The summed E-state index contributed by atoms with van der Waals surface area (Å²) in [4.78, 5) is 30.0. The number of anilines is 4. The second kappa shape index (κ2) is 13.3. The average Bonchev–Trinajstić information content (AvgIpc) is 2.98. The smallest absolute Gasteiger partial charge is 0.416 e. The average molecular weight is 624 g/mol. The number of rotatable bonds is 8. The SMILES string of the molecule is CCCNC(=O)c1cc(NC(=O)Nc2cc(C(F)(F)F)cc(C(F)(F)F)c2)ccc1N1CCN(c2ccccc2OC)CC1. The number of nitrogens with one attached hydrogen (secondary N) is 3. The van der Waals surface area contributed by atoms with E-state index >= 15 is 0 Å². The molecule has 0 atom stereocenters. The number of benzene rings is 3. The molecule has 3 N–H and O–H groups in total. The van der Waals surface area contributed by atoms with Crippen molar-refractivity contribution in [3.8, 4) is 5.75 Å². The topological polar surface area (TPSA) is 85.9 Å². The van der Waals surface area contributed by atoms with Gasteiger partial charge >= 0.3 is 18.4 Å². The van der Waals surface area contributed by atoms with Crippen LogP contribution in [0.2, 0.25) is 0 Å². The first kappa shape index (κ1) is 32.3. The highest BCUT2D eigenvalue weighted by atomic mass is 19.4. The predicted octanol–water partition coefficient (Wildman–Crippen LogP) is 6.84. The van der Waals surface area contributed by atoms with Gasteiger partial charge < -0.3 is 30.5 Å². The van der Waals surface area contributed by atoms with Gasteiger partial charge in [-0.2, -0.15) is 26.3 Å². The van der Waals surface area contributed by atoms with E-state index in [9.17, 15) is 35.9 Å². The van der Waals surface area contributed by atoms with Crippen LogP contribution in [0, 0.1) is 0 Å². The fourth-order valence-corrected chi connectivity index (χ4v) is 4.80. The Morgan fingerprint density at radius 1 is 0.773 bits per heavy atom. The van der Waals surface area contributed by atoms with Crippen molar-refractivity contribution in [2.24, 2.45) is 0 Å². The van der Waals surface area contributed by atoms with Gasteiger partial charge in [0.2, 0.25) is 0 Å². The highest BCUT2D eigenvalue weighted by Gasteiger charge is 2.37. The number of nitrogens with zero attached hydrogens (tertiary/aromatic N) is 2. The third kappa shape index (κ3) is 7.85. The van der Waals surface area contributed by atoms with Crippen LogP contribution < -0.4 is 30.5 Å². The van der Waals surface area contributed by atoms with E-state index in [0.29, 0.717) is 57.0 Å². The molecule has 8 nitrogen and oxygen atoms in total. The van der Waals surface area contributed by atoms with E-state index in [1.807, 2.05) is 41.4 Å². The van der Waals surface area contributed by atoms with Gasteiger partial charge in [-0.25, -0.2) is 4.79 Å². The lowest BCUT2D eigenvalue weighted by Gasteiger charge is -2.38. The zero-order valence-corrected chi connectivity index (χ0v) is 23.9. The molecule has 0 radical (unpaired) electrons. The minimum Gasteiger partial charge on any atom is -0.495 e. The van der Waals surface area contributed by atoms with Crippen molar-refractivity contribution in [1.29, 1.82) is 0 Å². The van der Waals surface area contributed by atoms with E-state index < -0.39 is 41.1 Å². The Bertz CT molecular complexity index is 1450. The first-order chi connectivity index (χ1) is 20.8. The molecule has 0 bridgehead atoms. The van der Waals surface area contributed by atoms with E-state index in [-0.39, 0.29) is 17.3 Å². The van der Waals surface area contributed by atoms with Crippen LogP contribution >= 0.6 is 0 Å². The number of carbonyl (C=O) groups excluding carboxylic acids is 2. The standard InChI is InChI=1S/C30H31F6N5O3/c1-3-10-37-27(42)23-18-21(38-28(43)39-22-16-19(29(31,32)33)15-20(17-22)30(34,35)36)8-9-24(23)40-11-13-41(14-12-40)25-6-4-5-7-26(25)44-2/h4-9,15-18H,3,10-14H2,1-2H3,(H,37,42)(H2,38,39,43). The van der Waals surface area contributed by atoms with Crippen molar-refractivity contribution in [3.63, 3.8) is 0 Å². The maximum absolute atomic E-state index is 13.2. The number of urea groups is 1. The second-order valence-corrected chi connectivity index (χ2v) is 10.0. The molecule has 3 aromatic carbocycles. The summed E-state index contributed by atoms with van der Waals surface area (Å²) in [5.41, 5.74) is -1.90. The number of hydrogen-bond donors (Lipinski definition) is 3. The second-order valence-electron chi connectivity index (χ2n) is 10.0. The molecule has 0 saturated carbocycles. The molecule has 1 heterocycles. The Kier molecular flexibility index (Phi) is 9.80. The first-order valence-corrected chi connectivity index (χ1v) is 13.7. The Balaban J connectivity index is 1.53. The van der Waals surface area contributed by atoms with Crippen LogP contribution in [0.3, 0.4) is 0 Å². The molecule has 0 unspecified atom stereocenters. The molecular formula is C30H31F6N5O3. The van der Waals surface area contributed by atoms with Crippen molar-refractivity contribution in [3.05, 3.63) is 77.4 Å². The van der Waals surface area contributed by atoms with Gasteiger partial charge in [-0.1, -0.05) is 19.1 Å². The number of hydrogen-bond acceptors (Lipinski definition) is 5. The molecule has 1 aliphatic rings. The number of para-hydroxylation sites is 2. The lowest BCUT2D eigenvalue weighted by Crippen LogP contribution is -2.47. The van der Waals surface area contributed by atoms with Gasteiger partial charge in [-0.3, -0.25) is 4.79 Å². The van der Waals surface area contributed by atoms with E-state index in [1.54, 1.807) is 13.2 Å². The number of piperazine rings is 1. The number of amides is 3. The minimum absolute atomic E-state index is 0.0286. The molecule has 44 heavy (non-hydrogen) atoms. The van der Waals surface area contributed by atoms with E-state index in [4.69, 9.17) is 4.74 Å². The lowest BCUT2D eigenvalue weighted by molar-refractivity contribution is -0.143. The van der Waals surface area contributed by atoms with Gasteiger partial charge in [0.15, 0.2) is 0 Å². The highest BCUT2D eigenvalue weighted by Crippen LogP contribution is 2.38. The first-order valence-electron chi connectivity index (χ1n) is 13.7. The minimum atomic E-state index is -5.07. The number of carbonyl (C=O) groups is 2. The quantitative estimate of drug-likeness (QED) is 0.239. The summed E-state index contributed by atoms with van der Waals surface area (Å²) < 4.78 is 84.8. The van der Waals surface area contributed by atoms with Crippen LogP contribution in [0.4, 0.5) is 53.9 Å². The van der Waals surface area contributed by atoms with Crippen molar-refractivity contribution in [2.75, 3.05) is 60.3 Å². The zero-order chi connectivity index (χ0) is 32.1. The Morgan fingerprint density at radius 3 is 1.91 bits per heavy atom. The molecule has 14 heteroatoms. The number of alkyl halides is 6. The van der Waals surface area contributed by atoms with Crippen LogP contribution in [0.1, 0.15) is 34.8 Å². The Labute approximate surface area is 250 Å². The molecule has 236 valence electrons. The number of halogens is 6. The van der Waals surface area contributed by atoms with Crippen molar-refractivity contribution < 1.29 is 40.7 Å². The molecular weight excluding hydrogens is 592 g/mol. The van der Waals surface area contributed by atoms with Crippen LogP contribution in [-0.4, -0.2) is 51.8 Å². The molecule has 0 spiro atoms.